The predicted molar refractivity (Wildman–Crippen MR) is 54.3 cm³/mol. The van der Waals surface area contributed by atoms with Crippen molar-refractivity contribution in [2.75, 3.05) is 0 Å². The molecule has 0 radical (unpaired) electrons. The number of hydrogen-bond acceptors (Lipinski definition) is 3. The molecule has 1 aromatic rings. The van der Waals surface area contributed by atoms with Crippen LogP contribution >= 0.6 is 0 Å². The van der Waals surface area contributed by atoms with Crippen LogP contribution in [0.3, 0.4) is 0 Å². The summed E-state index contributed by atoms with van der Waals surface area (Å²) >= 11 is 0. The Labute approximate surface area is 84.1 Å². The van der Waals surface area contributed by atoms with E-state index in [1.54, 1.807) is 12.1 Å². The fourth-order valence-corrected chi connectivity index (χ4v) is 1.88. The average molecular weight is 212 g/mol. The number of benzene rings is 1. The topological polar surface area (TPSA) is 43.4 Å². The molecular weight excluding hydrogens is 200 g/mol. The third-order valence-electron chi connectivity index (χ3n) is 1.56. The van der Waals surface area contributed by atoms with Gasteiger partial charge in [0.05, 0.1) is 0 Å². The summed E-state index contributed by atoms with van der Waals surface area (Å²) in [4.78, 5) is 0.145. The maximum atomic E-state index is 11.5. The third kappa shape index (κ3) is 2.60. The minimum absolute atomic E-state index is 0.145. The van der Waals surface area contributed by atoms with Gasteiger partial charge in [0, 0.05) is 0 Å². The van der Waals surface area contributed by atoms with Gasteiger partial charge in [0.25, 0.3) is 0 Å². The molecular formula is C10H12O3S. The standard InChI is InChI=1S/C10H12O3S/c1-8(2)13-14(11,12)10-6-4-9(3)5-7-10/h4-7H,1H2,2-3H3. The molecule has 0 bridgehead atoms. The van der Waals surface area contributed by atoms with E-state index in [0.717, 1.165) is 5.56 Å². The fraction of sp³-hybridized carbons (Fsp3) is 0.200. The van der Waals surface area contributed by atoms with Crippen molar-refractivity contribution in [1.82, 2.24) is 0 Å². The Morgan fingerprint density at radius 3 is 2.21 bits per heavy atom. The molecule has 0 N–H and O–H groups in total. The molecule has 1 rings (SSSR count). The second kappa shape index (κ2) is 3.84. The molecule has 76 valence electrons. The largest absolute Gasteiger partial charge is 0.384 e. The molecule has 0 spiro atoms. The van der Waals surface area contributed by atoms with Crippen molar-refractivity contribution in [3.63, 3.8) is 0 Å². The minimum atomic E-state index is -3.68. The molecule has 0 aliphatic heterocycles. The zero-order valence-corrected chi connectivity index (χ0v) is 8.97. The van der Waals surface area contributed by atoms with Gasteiger partial charge in [-0.15, -0.1) is 0 Å². The highest BCUT2D eigenvalue weighted by Gasteiger charge is 2.14. The van der Waals surface area contributed by atoms with Gasteiger partial charge in [-0.05, 0) is 26.0 Å². The lowest BCUT2D eigenvalue weighted by Gasteiger charge is -2.05. The van der Waals surface area contributed by atoms with Crippen molar-refractivity contribution < 1.29 is 12.6 Å². The van der Waals surface area contributed by atoms with Gasteiger partial charge in [-0.25, -0.2) is 0 Å². The lowest BCUT2D eigenvalue weighted by molar-refractivity contribution is 0.410. The van der Waals surface area contributed by atoms with Crippen molar-refractivity contribution in [3.8, 4) is 0 Å². The van der Waals surface area contributed by atoms with E-state index < -0.39 is 10.1 Å². The number of aryl methyl sites for hydroxylation is 1. The van der Waals surface area contributed by atoms with E-state index in [9.17, 15) is 8.42 Å². The smallest absolute Gasteiger partial charge is 0.338 e. The van der Waals surface area contributed by atoms with Crippen molar-refractivity contribution in [1.29, 1.82) is 0 Å². The first-order valence-electron chi connectivity index (χ1n) is 4.08. The Bertz CT molecular complexity index is 429. The predicted octanol–water partition coefficient (Wildman–Crippen LogP) is 2.23. The van der Waals surface area contributed by atoms with Crippen molar-refractivity contribution in [2.45, 2.75) is 18.7 Å². The summed E-state index contributed by atoms with van der Waals surface area (Å²) in [6.07, 6.45) is 0. The van der Waals surface area contributed by atoms with Crippen molar-refractivity contribution in [3.05, 3.63) is 42.2 Å². The minimum Gasteiger partial charge on any atom is -0.384 e. The lowest BCUT2D eigenvalue weighted by atomic mass is 10.2. The van der Waals surface area contributed by atoms with Gasteiger partial charge in [0.15, 0.2) is 0 Å². The van der Waals surface area contributed by atoms with Crippen LogP contribution in [0.4, 0.5) is 0 Å². The molecule has 0 fully saturated rings. The van der Waals surface area contributed by atoms with Gasteiger partial charge >= 0.3 is 10.1 Å². The Hall–Kier alpha value is -1.29. The monoisotopic (exact) mass is 212 g/mol. The summed E-state index contributed by atoms with van der Waals surface area (Å²) in [7, 11) is -3.68. The van der Waals surface area contributed by atoms with E-state index in [4.69, 9.17) is 0 Å². The Balaban J connectivity index is 3.05. The van der Waals surface area contributed by atoms with E-state index in [1.165, 1.54) is 19.1 Å². The maximum absolute atomic E-state index is 11.5. The van der Waals surface area contributed by atoms with Gasteiger partial charge < -0.3 is 4.18 Å². The van der Waals surface area contributed by atoms with Crippen LogP contribution in [0.5, 0.6) is 0 Å². The molecule has 0 amide bonds. The van der Waals surface area contributed by atoms with Gasteiger partial charge in [-0.3, -0.25) is 0 Å². The molecule has 4 heteroatoms. The molecule has 0 heterocycles. The number of hydrogen-bond donors (Lipinski definition) is 0. The normalized spacial score (nSPS) is 11.0. The SMILES string of the molecule is C=C(C)OS(=O)(=O)c1ccc(C)cc1. The molecule has 1 aromatic carbocycles. The van der Waals surface area contributed by atoms with Crippen LogP contribution < -0.4 is 0 Å². The Kier molecular flexibility index (Phi) is 2.96. The van der Waals surface area contributed by atoms with Crippen LogP contribution in [0.1, 0.15) is 12.5 Å². The van der Waals surface area contributed by atoms with E-state index >= 15 is 0 Å². The fourth-order valence-electron chi connectivity index (χ4n) is 0.940. The van der Waals surface area contributed by atoms with E-state index in [-0.39, 0.29) is 10.7 Å². The summed E-state index contributed by atoms with van der Waals surface area (Å²) in [5, 5.41) is 0. The number of allylic oxidation sites excluding steroid dienone is 1. The molecule has 0 aliphatic carbocycles. The molecule has 3 nitrogen and oxygen atoms in total. The van der Waals surface area contributed by atoms with Crippen LogP contribution in [-0.4, -0.2) is 8.42 Å². The third-order valence-corrected chi connectivity index (χ3v) is 2.92. The van der Waals surface area contributed by atoms with Crippen LogP contribution in [0, 0.1) is 6.92 Å². The van der Waals surface area contributed by atoms with Crippen molar-refractivity contribution in [2.24, 2.45) is 0 Å². The molecule has 0 unspecified atom stereocenters. The van der Waals surface area contributed by atoms with Gasteiger partial charge in [-0.1, -0.05) is 24.3 Å². The molecule has 0 aromatic heterocycles. The summed E-state index contributed by atoms with van der Waals surface area (Å²) in [6.45, 7) is 6.76. The molecule has 0 aliphatic rings. The van der Waals surface area contributed by atoms with Gasteiger partial charge in [-0.2, -0.15) is 8.42 Å². The zero-order chi connectivity index (χ0) is 10.8. The molecule has 0 saturated carbocycles. The van der Waals surface area contributed by atoms with Crippen LogP contribution in [0.15, 0.2) is 41.5 Å². The highest BCUT2D eigenvalue weighted by atomic mass is 32.2. The lowest BCUT2D eigenvalue weighted by Crippen LogP contribution is -2.04. The van der Waals surface area contributed by atoms with Gasteiger partial charge in [0.2, 0.25) is 0 Å². The Morgan fingerprint density at radius 1 is 1.29 bits per heavy atom. The summed E-state index contributed by atoms with van der Waals surface area (Å²) in [5.41, 5.74) is 0.999. The first-order chi connectivity index (χ1) is 6.42. The average Bonchev–Trinajstić information content (AvgIpc) is 2.02. The second-order valence-corrected chi connectivity index (χ2v) is 4.60. The molecule has 14 heavy (non-hydrogen) atoms. The van der Waals surface area contributed by atoms with E-state index in [0.29, 0.717) is 0 Å². The molecule has 0 atom stereocenters. The summed E-state index contributed by atoms with van der Waals surface area (Å²) in [5.74, 6) is 0.158. The quantitative estimate of drug-likeness (QED) is 0.570. The Morgan fingerprint density at radius 2 is 1.79 bits per heavy atom. The molecule has 0 saturated heterocycles. The first kappa shape index (κ1) is 10.8. The second-order valence-electron chi connectivity index (χ2n) is 3.05. The van der Waals surface area contributed by atoms with Crippen LogP contribution in [-0.2, 0) is 14.3 Å². The zero-order valence-electron chi connectivity index (χ0n) is 8.15. The summed E-state index contributed by atoms with van der Waals surface area (Å²) < 4.78 is 27.6. The van der Waals surface area contributed by atoms with Crippen LogP contribution in [0.25, 0.3) is 0 Å². The highest BCUT2D eigenvalue weighted by Crippen LogP contribution is 2.15. The van der Waals surface area contributed by atoms with Crippen molar-refractivity contribution >= 4 is 10.1 Å². The van der Waals surface area contributed by atoms with Gasteiger partial charge in [0.1, 0.15) is 10.7 Å². The van der Waals surface area contributed by atoms with E-state index in [1.807, 2.05) is 6.92 Å². The number of rotatable bonds is 3. The highest BCUT2D eigenvalue weighted by molar-refractivity contribution is 7.86. The van der Waals surface area contributed by atoms with E-state index in [2.05, 4.69) is 10.8 Å². The summed E-state index contributed by atoms with van der Waals surface area (Å²) in [6, 6.07) is 6.45. The maximum Gasteiger partial charge on any atom is 0.338 e. The van der Waals surface area contributed by atoms with Crippen LogP contribution in [0.2, 0.25) is 0 Å². The first-order valence-corrected chi connectivity index (χ1v) is 5.49.